The van der Waals surface area contributed by atoms with Crippen LogP contribution in [0.4, 0.5) is 0 Å². The highest BCUT2D eigenvalue weighted by Gasteiger charge is 2.39. The molecule has 1 heterocycles. The molecule has 0 amide bonds. The van der Waals surface area contributed by atoms with Crippen molar-refractivity contribution < 1.29 is 17.9 Å². The Morgan fingerprint density at radius 1 is 1.21 bits per heavy atom. The minimum absolute atomic E-state index is 0.0457. The zero-order valence-corrected chi connectivity index (χ0v) is 14.9. The Morgan fingerprint density at radius 2 is 1.88 bits per heavy atom. The molecule has 0 radical (unpaired) electrons. The fourth-order valence-corrected chi connectivity index (χ4v) is 4.83. The van der Waals surface area contributed by atoms with Gasteiger partial charge in [0, 0.05) is 18.7 Å². The van der Waals surface area contributed by atoms with Crippen LogP contribution in [0.25, 0.3) is 0 Å². The van der Waals surface area contributed by atoms with E-state index >= 15 is 0 Å². The first-order valence-corrected chi connectivity index (χ1v) is 9.32. The highest BCUT2D eigenvalue weighted by Crippen LogP contribution is 2.37. The van der Waals surface area contributed by atoms with Crippen molar-refractivity contribution in [3.63, 3.8) is 0 Å². The molecule has 1 aromatic rings. The van der Waals surface area contributed by atoms with Gasteiger partial charge >= 0.3 is 5.97 Å². The van der Waals surface area contributed by atoms with Gasteiger partial charge in [-0.3, -0.25) is 0 Å². The van der Waals surface area contributed by atoms with E-state index in [9.17, 15) is 13.2 Å². The summed E-state index contributed by atoms with van der Waals surface area (Å²) in [6.45, 7) is 4.64. The number of sulfonamides is 1. The minimum Gasteiger partial charge on any atom is -0.466 e. The lowest BCUT2D eigenvalue weighted by atomic mass is 9.85. The first-order valence-electron chi connectivity index (χ1n) is 7.88. The van der Waals surface area contributed by atoms with E-state index in [0.29, 0.717) is 30.0 Å². The van der Waals surface area contributed by atoms with E-state index in [2.05, 4.69) is 0 Å². The molecule has 5 nitrogen and oxygen atoms in total. The molecule has 1 saturated heterocycles. The van der Waals surface area contributed by atoms with Crippen LogP contribution in [-0.2, 0) is 19.6 Å². The van der Waals surface area contributed by atoms with E-state index in [1.807, 2.05) is 19.9 Å². The van der Waals surface area contributed by atoms with Crippen molar-refractivity contribution in [3.05, 3.63) is 52.6 Å². The second-order valence-electron chi connectivity index (χ2n) is 6.38. The Bertz CT molecular complexity index is 834. The van der Waals surface area contributed by atoms with Crippen LogP contribution >= 0.6 is 0 Å². The number of nitrogens with zero attached hydrogens (tertiary/aromatic N) is 1. The molecule has 128 valence electrons. The summed E-state index contributed by atoms with van der Waals surface area (Å²) in [6, 6.07) is 6.90. The SMILES string of the molecule is COC(=O)C1=CC(C)=C2CN(S(=O)(=O)c3ccc(C)cc3)CC2C1. The molecule has 0 spiro atoms. The van der Waals surface area contributed by atoms with Crippen LogP contribution in [-0.4, -0.2) is 38.9 Å². The fraction of sp³-hybridized carbons (Fsp3) is 0.389. The monoisotopic (exact) mass is 347 g/mol. The maximum Gasteiger partial charge on any atom is 0.333 e. The Morgan fingerprint density at radius 3 is 2.50 bits per heavy atom. The van der Waals surface area contributed by atoms with E-state index in [-0.39, 0.29) is 11.9 Å². The number of benzene rings is 1. The Kier molecular flexibility index (Phi) is 4.36. The summed E-state index contributed by atoms with van der Waals surface area (Å²) >= 11 is 0. The second-order valence-corrected chi connectivity index (χ2v) is 8.32. The number of ether oxygens (including phenoxy) is 1. The van der Waals surface area contributed by atoms with Crippen molar-refractivity contribution in [1.29, 1.82) is 0 Å². The van der Waals surface area contributed by atoms with Gasteiger partial charge in [-0.25, -0.2) is 13.2 Å². The average molecular weight is 347 g/mol. The number of methoxy groups -OCH3 is 1. The lowest BCUT2D eigenvalue weighted by Crippen LogP contribution is -2.29. The van der Waals surface area contributed by atoms with E-state index in [1.54, 1.807) is 24.3 Å². The molecule has 0 saturated carbocycles. The smallest absolute Gasteiger partial charge is 0.333 e. The predicted octanol–water partition coefficient (Wildman–Crippen LogP) is 2.44. The van der Waals surface area contributed by atoms with Crippen molar-refractivity contribution in [2.75, 3.05) is 20.2 Å². The van der Waals surface area contributed by atoms with Gasteiger partial charge in [0.25, 0.3) is 0 Å². The zero-order valence-electron chi connectivity index (χ0n) is 14.1. The van der Waals surface area contributed by atoms with Crippen LogP contribution < -0.4 is 0 Å². The molecular weight excluding hydrogens is 326 g/mol. The summed E-state index contributed by atoms with van der Waals surface area (Å²) < 4.78 is 32.0. The molecule has 24 heavy (non-hydrogen) atoms. The number of hydrogen-bond donors (Lipinski definition) is 0. The van der Waals surface area contributed by atoms with Gasteiger partial charge in [0.1, 0.15) is 0 Å². The highest BCUT2D eigenvalue weighted by molar-refractivity contribution is 7.89. The van der Waals surface area contributed by atoms with Crippen LogP contribution in [0.3, 0.4) is 0 Å². The molecule has 0 aromatic heterocycles. The molecular formula is C18H21NO4S. The number of carbonyl (C=O) groups is 1. The normalized spacial score (nSPS) is 21.5. The van der Waals surface area contributed by atoms with Crippen molar-refractivity contribution in [2.45, 2.75) is 25.2 Å². The number of carbonyl (C=O) groups excluding carboxylic acids is 1. The number of fused-ring (bicyclic) bond motifs is 1. The van der Waals surface area contributed by atoms with Crippen molar-refractivity contribution in [3.8, 4) is 0 Å². The molecule has 6 heteroatoms. The van der Waals surface area contributed by atoms with Gasteiger partial charge < -0.3 is 4.74 Å². The Balaban J connectivity index is 1.86. The average Bonchev–Trinajstić information content (AvgIpc) is 3.00. The highest BCUT2D eigenvalue weighted by atomic mass is 32.2. The number of aryl methyl sites for hydroxylation is 1. The molecule has 1 aromatic carbocycles. The van der Waals surface area contributed by atoms with Gasteiger partial charge in [0.2, 0.25) is 10.0 Å². The first kappa shape index (κ1) is 16.9. The van der Waals surface area contributed by atoms with Crippen LogP contribution in [0.15, 0.2) is 52.0 Å². The predicted molar refractivity (Wildman–Crippen MR) is 90.8 cm³/mol. The number of allylic oxidation sites excluding steroid dienone is 2. The minimum atomic E-state index is -3.52. The van der Waals surface area contributed by atoms with Crippen LogP contribution in [0.1, 0.15) is 18.9 Å². The molecule has 1 fully saturated rings. The molecule has 1 aliphatic carbocycles. The van der Waals surface area contributed by atoms with E-state index < -0.39 is 10.0 Å². The standard InChI is InChI=1S/C18H21NO4S/c1-12-4-6-16(7-5-12)24(21,22)19-10-15-9-14(18(20)23-3)8-13(2)17(15)11-19/h4-8,15H,9-11H2,1-3H3. The number of rotatable bonds is 3. The largest absolute Gasteiger partial charge is 0.466 e. The van der Waals surface area contributed by atoms with Crippen LogP contribution in [0.5, 0.6) is 0 Å². The van der Waals surface area contributed by atoms with Gasteiger partial charge in [-0.2, -0.15) is 4.31 Å². The van der Waals surface area contributed by atoms with Crippen LogP contribution in [0, 0.1) is 12.8 Å². The van der Waals surface area contributed by atoms with Gasteiger partial charge in [0.05, 0.1) is 12.0 Å². The lowest BCUT2D eigenvalue weighted by molar-refractivity contribution is -0.136. The summed E-state index contributed by atoms with van der Waals surface area (Å²) in [7, 11) is -2.16. The fourth-order valence-electron chi connectivity index (χ4n) is 3.37. The van der Waals surface area contributed by atoms with E-state index in [4.69, 9.17) is 4.74 Å². The number of hydrogen-bond acceptors (Lipinski definition) is 4. The lowest BCUT2D eigenvalue weighted by Gasteiger charge is -2.19. The molecule has 2 aliphatic rings. The molecule has 3 rings (SSSR count). The van der Waals surface area contributed by atoms with Crippen LogP contribution in [0.2, 0.25) is 0 Å². The second kappa shape index (κ2) is 6.18. The number of esters is 1. The molecule has 1 unspecified atom stereocenters. The topological polar surface area (TPSA) is 63.7 Å². The maximum atomic E-state index is 12.9. The van der Waals surface area contributed by atoms with Gasteiger partial charge in [-0.05, 0) is 55.5 Å². The first-order chi connectivity index (χ1) is 11.3. The zero-order chi connectivity index (χ0) is 17.5. The molecule has 0 bridgehead atoms. The quantitative estimate of drug-likeness (QED) is 0.788. The van der Waals surface area contributed by atoms with Crippen molar-refractivity contribution >= 4 is 16.0 Å². The van der Waals surface area contributed by atoms with E-state index in [0.717, 1.165) is 16.7 Å². The Hall–Kier alpha value is -1.92. The van der Waals surface area contributed by atoms with Gasteiger partial charge in [-0.15, -0.1) is 0 Å². The van der Waals surface area contributed by atoms with E-state index in [1.165, 1.54) is 11.4 Å². The Labute approximate surface area is 142 Å². The molecule has 1 aliphatic heterocycles. The summed E-state index contributed by atoms with van der Waals surface area (Å²) in [5.41, 5.74) is 3.69. The molecule has 0 N–H and O–H groups in total. The summed E-state index contributed by atoms with van der Waals surface area (Å²) in [6.07, 6.45) is 2.35. The third kappa shape index (κ3) is 2.91. The molecule has 1 atom stereocenters. The van der Waals surface area contributed by atoms with Crippen molar-refractivity contribution in [1.82, 2.24) is 4.31 Å². The third-order valence-corrected chi connectivity index (χ3v) is 6.56. The maximum absolute atomic E-state index is 12.9. The van der Waals surface area contributed by atoms with Gasteiger partial charge in [-0.1, -0.05) is 17.7 Å². The van der Waals surface area contributed by atoms with Crippen molar-refractivity contribution in [2.24, 2.45) is 5.92 Å². The third-order valence-electron chi connectivity index (χ3n) is 4.73. The summed E-state index contributed by atoms with van der Waals surface area (Å²) in [4.78, 5) is 12.1. The summed E-state index contributed by atoms with van der Waals surface area (Å²) in [5, 5.41) is 0. The van der Waals surface area contributed by atoms with Gasteiger partial charge in [0.15, 0.2) is 0 Å². The summed E-state index contributed by atoms with van der Waals surface area (Å²) in [5.74, 6) is -0.294.